The highest BCUT2D eigenvalue weighted by Crippen LogP contribution is 2.32. The summed E-state index contributed by atoms with van der Waals surface area (Å²) in [7, 11) is 3.49. The smallest absolute Gasteiger partial charge is 0.124 e. The van der Waals surface area contributed by atoms with Gasteiger partial charge in [0, 0.05) is 24.4 Å². The number of nitrogens with one attached hydrogen (secondary N) is 1. The molecule has 2 aromatic rings. The van der Waals surface area contributed by atoms with Crippen molar-refractivity contribution in [3.8, 4) is 5.75 Å². The van der Waals surface area contributed by atoms with E-state index in [4.69, 9.17) is 4.74 Å². The Morgan fingerprint density at radius 1 is 1.38 bits per heavy atom. The second-order valence-corrected chi connectivity index (χ2v) is 5.12. The summed E-state index contributed by atoms with van der Waals surface area (Å²) in [5.41, 5.74) is 2.76. The van der Waals surface area contributed by atoms with Crippen molar-refractivity contribution >= 4 is 0 Å². The van der Waals surface area contributed by atoms with E-state index in [1.165, 1.54) is 12.1 Å². The van der Waals surface area contributed by atoms with E-state index in [0.717, 1.165) is 29.8 Å². The number of aromatic nitrogens is 2. The topological polar surface area (TPSA) is 39.1 Å². The molecule has 5 heteroatoms. The van der Waals surface area contributed by atoms with Crippen molar-refractivity contribution in [3.05, 3.63) is 47.0 Å². The lowest BCUT2D eigenvalue weighted by Gasteiger charge is -2.21. The van der Waals surface area contributed by atoms with Crippen LogP contribution in [0.2, 0.25) is 0 Å². The van der Waals surface area contributed by atoms with Crippen molar-refractivity contribution < 1.29 is 9.13 Å². The summed E-state index contributed by atoms with van der Waals surface area (Å²) in [5.74, 6) is 0.406. The number of halogens is 1. The van der Waals surface area contributed by atoms with E-state index >= 15 is 0 Å². The molecule has 0 aliphatic heterocycles. The van der Waals surface area contributed by atoms with Crippen LogP contribution in [0.25, 0.3) is 0 Å². The zero-order valence-corrected chi connectivity index (χ0v) is 13.0. The molecule has 0 radical (unpaired) electrons. The molecule has 1 aromatic carbocycles. The van der Waals surface area contributed by atoms with Gasteiger partial charge in [0.1, 0.15) is 11.6 Å². The van der Waals surface area contributed by atoms with Gasteiger partial charge in [0.15, 0.2) is 0 Å². The summed E-state index contributed by atoms with van der Waals surface area (Å²) in [5, 5.41) is 7.84. The number of ether oxygens (including phenoxy) is 1. The van der Waals surface area contributed by atoms with E-state index in [0.29, 0.717) is 5.75 Å². The van der Waals surface area contributed by atoms with Crippen LogP contribution in [0.4, 0.5) is 4.39 Å². The first-order valence-corrected chi connectivity index (χ1v) is 7.13. The summed E-state index contributed by atoms with van der Waals surface area (Å²) in [4.78, 5) is 0. The maximum absolute atomic E-state index is 13.7. The number of methoxy groups -OCH3 is 1. The second kappa shape index (κ2) is 6.72. The summed E-state index contributed by atoms with van der Waals surface area (Å²) in [6, 6.07) is 4.47. The number of hydrogen-bond acceptors (Lipinski definition) is 3. The molecule has 0 aliphatic rings. The van der Waals surface area contributed by atoms with Crippen molar-refractivity contribution in [2.24, 2.45) is 7.05 Å². The highest BCUT2D eigenvalue weighted by Gasteiger charge is 2.22. The molecule has 0 amide bonds. The normalized spacial score (nSPS) is 12.4. The fourth-order valence-corrected chi connectivity index (χ4v) is 2.51. The van der Waals surface area contributed by atoms with Crippen molar-refractivity contribution in [1.29, 1.82) is 0 Å². The first kappa shape index (κ1) is 15.5. The van der Waals surface area contributed by atoms with Gasteiger partial charge in [-0.05, 0) is 38.1 Å². The van der Waals surface area contributed by atoms with Crippen LogP contribution in [0.1, 0.15) is 36.2 Å². The lowest BCUT2D eigenvalue weighted by atomic mass is 9.98. The number of rotatable bonds is 6. The van der Waals surface area contributed by atoms with Gasteiger partial charge in [0.2, 0.25) is 0 Å². The molecule has 4 nitrogen and oxygen atoms in total. The molecule has 2 rings (SSSR count). The first-order chi connectivity index (χ1) is 10.1. The highest BCUT2D eigenvalue weighted by atomic mass is 19.1. The van der Waals surface area contributed by atoms with Crippen molar-refractivity contribution in [3.63, 3.8) is 0 Å². The van der Waals surface area contributed by atoms with Crippen LogP contribution in [-0.2, 0) is 7.05 Å². The third-order valence-corrected chi connectivity index (χ3v) is 3.46. The molecule has 1 aromatic heterocycles. The maximum atomic E-state index is 13.7. The van der Waals surface area contributed by atoms with Gasteiger partial charge < -0.3 is 10.1 Å². The minimum atomic E-state index is -0.268. The van der Waals surface area contributed by atoms with Crippen molar-refractivity contribution in [2.75, 3.05) is 13.7 Å². The summed E-state index contributed by atoms with van der Waals surface area (Å²) < 4.78 is 20.9. The van der Waals surface area contributed by atoms with Crippen molar-refractivity contribution in [1.82, 2.24) is 15.1 Å². The zero-order chi connectivity index (χ0) is 15.4. The number of hydrogen-bond donors (Lipinski definition) is 1. The Bertz CT molecular complexity index is 610. The van der Waals surface area contributed by atoms with Gasteiger partial charge in [-0.2, -0.15) is 5.10 Å². The summed E-state index contributed by atoms with van der Waals surface area (Å²) in [6.07, 6.45) is 2.96. The number of nitrogens with zero attached hydrogens (tertiary/aromatic N) is 2. The van der Waals surface area contributed by atoms with Crippen LogP contribution in [0.15, 0.2) is 24.4 Å². The quantitative estimate of drug-likeness (QED) is 0.889. The molecular formula is C16H22FN3O. The van der Waals surface area contributed by atoms with E-state index in [2.05, 4.69) is 17.3 Å². The Morgan fingerprint density at radius 3 is 2.71 bits per heavy atom. The maximum Gasteiger partial charge on any atom is 0.124 e. The van der Waals surface area contributed by atoms with E-state index < -0.39 is 0 Å². The molecule has 1 N–H and O–H groups in total. The Hall–Kier alpha value is -1.88. The standard InChI is InChI=1S/C16H22FN3O/c1-5-8-18-16(14-10-20(3)19-11(14)2)13-9-12(17)6-7-15(13)21-4/h6-7,9-10,16,18H,5,8H2,1-4H3. The van der Waals surface area contributed by atoms with Gasteiger partial charge in [-0.25, -0.2) is 4.39 Å². The van der Waals surface area contributed by atoms with E-state index in [1.54, 1.807) is 17.9 Å². The van der Waals surface area contributed by atoms with Gasteiger partial charge in [0.25, 0.3) is 0 Å². The van der Waals surface area contributed by atoms with Crippen LogP contribution in [-0.4, -0.2) is 23.4 Å². The lowest BCUT2D eigenvalue weighted by Crippen LogP contribution is -2.24. The molecular weight excluding hydrogens is 269 g/mol. The third kappa shape index (κ3) is 3.42. The minimum absolute atomic E-state index is 0.135. The molecule has 0 aliphatic carbocycles. The van der Waals surface area contributed by atoms with Crippen LogP contribution in [0.3, 0.4) is 0 Å². The fourth-order valence-electron chi connectivity index (χ4n) is 2.51. The molecule has 0 saturated heterocycles. The van der Waals surface area contributed by atoms with Gasteiger partial charge >= 0.3 is 0 Å². The lowest BCUT2D eigenvalue weighted by molar-refractivity contribution is 0.402. The molecule has 114 valence electrons. The van der Waals surface area contributed by atoms with Crippen LogP contribution in [0, 0.1) is 12.7 Å². The van der Waals surface area contributed by atoms with Crippen molar-refractivity contribution in [2.45, 2.75) is 26.3 Å². The van der Waals surface area contributed by atoms with Gasteiger partial charge in [0.05, 0.1) is 18.8 Å². The first-order valence-electron chi connectivity index (χ1n) is 7.13. The largest absolute Gasteiger partial charge is 0.496 e. The average Bonchev–Trinajstić information content (AvgIpc) is 2.78. The van der Waals surface area contributed by atoms with Gasteiger partial charge in [-0.15, -0.1) is 0 Å². The minimum Gasteiger partial charge on any atom is -0.496 e. The molecule has 0 spiro atoms. The average molecular weight is 291 g/mol. The molecule has 21 heavy (non-hydrogen) atoms. The van der Waals surface area contributed by atoms with Gasteiger partial charge in [-0.3, -0.25) is 4.68 Å². The number of benzene rings is 1. The SMILES string of the molecule is CCCNC(c1cc(F)ccc1OC)c1cn(C)nc1C. The Balaban J connectivity index is 2.50. The molecule has 0 saturated carbocycles. The molecule has 0 bridgehead atoms. The molecule has 1 heterocycles. The predicted octanol–water partition coefficient (Wildman–Crippen LogP) is 2.97. The van der Waals surface area contributed by atoms with Gasteiger partial charge in [-0.1, -0.05) is 6.92 Å². The molecule has 0 fully saturated rings. The number of aryl methyl sites for hydroxylation is 2. The monoisotopic (exact) mass is 291 g/mol. The zero-order valence-electron chi connectivity index (χ0n) is 13.0. The molecule has 1 atom stereocenters. The Kier molecular flexibility index (Phi) is 4.96. The van der Waals surface area contributed by atoms with Crippen LogP contribution in [0.5, 0.6) is 5.75 Å². The predicted molar refractivity (Wildman–Crippen MR) is 81.0 cm³/mol. The summed E-state index contributed by atoms with van der Waals surface area (Å²) >= 11 is 0. The highest BCUT2D eigenvalue weighted by molar-refractivity contribution is 5.42. The molecule has 1 unspecified atom stereocenters. The van der Waals surface area contributed by atoms with E-state index in [-0.39, 0.29) is 11.9 Å². The van der Waals surface area contributed by atoms with E-state index in [9.17, 15) is 4.39 Å². The summed E-state index contributed by atoms with van der Waals surface area (Å²) in [6.45, 7) is 4.89. The van der Waals surface area contributed by atoms with Crippen LogP contribution < -0.4 is 10.1 Å². The Morgan fingerprint density at radius 2 is 2.14 bits per heavy atom. The Labute approximate surface area is 124 Å². The second-order valence-electron chi connectivity index (χ2n) is 5.12. The third-order valence-electron chi connectivity index (χ3n) is 3.46. The van der Waals surface area contributed by atoms with E-state index in [1.807, 2.05) is 20.2 Å². The van der Waals surface area contributed by atoms with Crippen LogP contribution >= 0.6 is 0 Å². The fraction of sp³-hybridized carbons (Fsp3) is 0.438.